The number of hydrogen-bond acceptors (Lipinski definition) is 4. The highest BCUT2D eigenvalue weighted by Crippen LogP contribution is 2.28. The molecule has 0 radical (unpaired) electrons. The molecule has 1 aromatic heterocycles. The van der Waals surface area contributed by atoms with E-state index in [1.165, 1.54) is 32.2 Å². The molecule has 3 rings (SSSR count). The Kier molecular flexibility index (Phi) is 5.44. The Morgan fingerprint density at radius 3 is 2.57 bits per heavy atom. The predicted molar refractivity (Wildman–Crippen MR) is 109 cm³/mol. The van der Waals surface area contributed by atoms with Gasteiger partial charge in [-0.15, -0.1) is 0 Å². The van der Waals surface area contributed by atoms with Crippen molar-refractivity contribution in [3.63, 3.8) is 0 Å². The van der Waals surface area contributed by atoms with Gasteiger partial charge in [0, 0.05) is 30.1 Å². The number of carbonyl (C=O) groups is 1. The van der Waals surface area contributed by atoms with E-state index in [-0.39, 0.29) is 17.3 Å². The van der Waals surface area contributed by atoms with Crippen LogP contribution in [-0.4, -0.2) is 26.4 Å². The lowest BCUT2D eigenvalue weighted by Gasteiger charge is -2.12. The zero-order chi connectivity index (χ0) is 20.5. The summed E-state index contributed by atoms with van der Waals surface area (Å²) in [4.78, 5) is 14.7. The number of ether oxygens (including phenoxy) is 1. The molecule has 0 unspecified atom stereocenters. The smallest absolute Gasteiger partial charge is 0.240 e. The number of sulfonamides is 1. The summed E-state index contributed by atoms with van der Waals surface area (Å²) in [6, 6.07) is 10.1. The fourth-order valence-corrected chi connectivity index (χ4v) is 4.07. The van der Waals surface area contributed by atoms with Crippen molar-refractivity contribution < 1.29 is 17.9 Å². The summed E-state index contributed by atoms with van der Waals surface area (Å²) in [5.41, 5.74) is 4.43. The SMILES string of the molecule is COc1ccc(S(=O)(=O)NCc2ccc3[nH]c(C)c(C)c3c2)cc1NC(C)=O. The van der Waals surface area contributed by atoms with Gasteiger partial charge in [-0.3, -0.25) is 4.79 Å². The minimum atomic E-state index is -3.76. The first kappa shape index (κ1) is 19.9. The molecule has 0 aliphatic carbocycles. The number of H-pyrrole nitrogens is 1. The number of benzene rings is 2. The highest BCUT2D eigenvalue weighted by molar-refractivity contribution is 7.89. The number of aromatic amines is 1. The van der Waals surface area contributed by atoms with Gasteiger partial charge in [0.25, 0.3) is 0 Å². The minimum absolute atomic E-state index is 0.0480. The lowest BCUT2D eigenvalue weighted by molar-refractivity contribution is -0.114. The third-order valence-corrected chi connectivity index (χ3v) is 6.03. The first-order valence-corrected chi connectivity index (χ1v) is 10.2. The van der Waals surface area contributed by atoms with E-state index in [4.69, 9.17) is 4.74 Å². The fourth-order valence-electron chi connectivity index (χ4n) is 3.02. The quantitative estimate of drug-likeness (QED) is 0.590. The second kappa shape index (κ2) is 7.65. The molecule has 3 aromatic rings. The molecule has 1 amide bonds. The molecule has 8 heteroatoms. The van der Waals surface area contributed by atoms with E-state index < -0.39 is 10.0 Å². The molecule has 0 aliphatic heterocycles. The average Bonchev–Trinajstić information content (AvgIpc) is 2.93. The highest BCUT2D eigenvalue weighted by atomic mass is 32.2. The maximum atomic E-state index is 12.7. The van der Waals surface area contributed by atoms with Gasteiger partial charge in [-0.1, -0.05) is 6.07 Å². The van der Waals surface area contributed by atoms with Crippen LogP contribution in [0.1, 0.15) is 23.7 Å². The number of hydrogen-bond donors (Lipinski definition) is 3. The molecule has 0 spiro atoms. The van der Waals surface area contributed by atoms with Crippen LogP contribution in [-0.2, 0) is 21.4 Å². The average molecular weight is 401 g/mol. The summed E-state index contributed by atoms with van der Waals surface area (Å²) in [5, 5.41) is 3.66. The van der Waals surface area contributed by atoms with Crippen molar-refractivity contribution in [2.45, 2.75) is 32.2 Å². The lowest BCUT2D eigenvalue weighted by Crippen LogP contribution is -2.23. The topological polar surface area (TPSA) is 100 Å². The number of fused-ring (bicyclic) bond motifs is 1. The molecule has 2 aromatic carbocycles. The molecular weight excluding hydrogens is 378 g/mol. The van der Waals surface area contributed by atoms with Crippen LogP contribution in [0.15, 0.2) is 41.3 Å². The van der Waals surface area contributed by atoms with Gasteiger partial charge in [0.2, 0.25) is 15.9 Å². The molecule has 28 heavy (non-hydrogen) atoms. The third kappa shape index (κ3) is 4.02. The molecule has 7 nitrogen and oxygen atoms in total. The van der Waals surface area contributed by atoms with Crippen molar-refractivity contribution in [1.29, 1.82) is 0 Å². The number of methoxy groups -OCH3 is 1. The second-order valence-electron chi connectivity index (χ2n) is 6.62. The van der Waals surface area contributed by atoms with Crippen LogP contribution in [0.3, 0.4) is 0 Å². The lowest BCUT2D eigenvalue weighted by atomic mass is 10.1. The number of carbonyl (C=O) groups excluding carboxylic acids is 1. The number of aryl methyl sites for hydroxylation is 2. The van der Waals surface area contributed by atoms with Crippen LogP contribution < -0.4 is 14.8 Å². The van der Waals surface area contributed by atoms with Gasteiger partial charge in [-0.05, 0) is 55.3 Å². The van der Waals surface area contributed by atoms with Crippen molar-refractivity contribution in [3.05, 3.63) is 53.2 Å². The van der Waals surface area contributed by atoms with Crippen LogP contribution in [0.25, 0.3) is 10.9 Å². The van der Waals surface area contributed by atoms with Gasteiger partial charge in [0.1, 0.15) is 5.75 Å². The molecule has 0 saturated carbocycles. The van der Waals surface area contributed by atoms with Gasteiger partial charge >= 0.3 is 0 Å². The van der Waals surface area contributed by atoms with Gasteiger partial charge < -0.3 is 15.0 Å². The van der Waals surface area contributed by atoms with Crippen molar-refractivity contribution >= 4 is 32.5 Å². The van der Waals surface area contributed by atoms with E-state index in [1.807, 2.05) is 32.0 Å². The Morgan fingerprint density at radius 2 is 1.89 bits per heavy atom. The summed E-state index contributed by atoms with van der Waals surface area (Å²) in [7, 11) is -2.31. The fraction of sp³-hybridized carbons (Fsp3) is 0.250. The predicted octanol–water partition coefficient (Wildman–Crippen LogP) is 3.23. The number of anilines is 1. The Morgan fingerprint density at radius 1 is 1.14 bits per heavy atom. The number of amides is 1. The standard InChI is InChI=1S/C20H23N3O4S/c1-12-13(2)22-18-7-5-15(9-17(12)18)11-21-28(25,26)16-6-8-20(27-4)19(10-16)23-14(3)24/h5-10,21-22H,11H2,1-4H3,(H,23,24). The summed E-state index contributed by atoms with van der Waals surface area (Å²) < 4.78 is 33.2. The van der Waals surface area contributed by atoms with E-state index in [1.54, 1.807) is 0 Å². The Balaban J connectivity index is 1.84. The van der Waals surface area contributed by atoms with Crippen LogP contribution in [0.2, 0.25) is 0 Å². The first-order valence-electron chi connectivity index (χ1n) is 8.74. The van der Waals surface area contributed by atoms with Crippen LogP contribution in [0.4, 0.5) is 5.69 Å². The first-order chi connectivity index (χ1) is 13.2. The zero-order valence-corrected chi connectivity index (χ0v) is 17.0. The molecule has 0 aliphatic rings. The number of nitrogens with one attached hydrogen (secondary N) is 3. The van der Waals surface area contributed by atoms with Gasteiger partial charge in [0.05, 0.1) is 17.7 Å². The Labute approximate surface area is 164 Å². The van der Waals surface area contributed by atoms with Crippen molar-refractivity contribution in [1.82, 2.24) is 9.71 Å². The Hall–Kier alpha value is -2.84. The molecular formula is C20H23N3O4S. The van der Waals surface area contributed by atoms with Gasteiger partial charge in [-0.2, -0.15) is 0 Å². The summed E-state index contributed by atoms with van der Waals surface area (Å²) in [6.07, 6.45) is 0. The largest absolute Gasteiger partial charge is 0.495 e. The number of aromatic nitrogens is 1. The van der Waals surface area contributed by atoms with E-state index in [0.29, 0.717) is 11.4 Å². The van der Waals surface area contributed by atoms with Gasteiger partial charge in [0.15, 0.2) is 0 Å². The van der Waals surface area contributed by atoms with Crippen molar-refractivity contribution in [3.8, 4) is 5.75 Å². The van der Waals surface area contributed by atoms with Crippen LogP contribution in [0.5, 0.6) is 5.75 Å². The summed E-state index contributed by atoms with van der Waals surface area (Å²) in [5.74, 6) is 0.0733. The highest BCUT2D eigenvalue weighted by Gasteiger charge is 2.17. The molecule has 0 atom stereocenters. The van der Waals surface area contributed by atoms with Crippen LogP contribution in [0, 0.1) is 13.8 Å². The monoisotopic (exact) mass is 401 g/mol. The van der Waals surface area contributed by atoms with E-state index in [0.717, 1.165) is 27.7 Å². The molecule has 3 N–H and O–H groups in total. The second-order valence-corrected chi connectivity index (χ2v) is 8.39. The molecule has 0 bridgehead atoms. The van der Waals surface area contributed by atoms with Crippen molar-refractivity contribution in [2.24, 2.45) is 0 Å². The zero-order valence-electron chi connectivity index (χ0n) is 16.2. The van der Waals surface area contributed by atoms with E-state index in [2.05, 4.69) is 15.0 Å². The molecule has 1 heterocycles. The van der Waals surface area contributed by atoms with E-state index in [9.17, 15) is 13.2 Å². The van der Waals surface area contributed by atoms with E-state index >= 15 is 0 Å². The maximum absolute atomic E-state index is 12.7. The summed E-state index contributed by atoms with van der Waals surface area (Å²) >= 11 is 0. The maximum Gasteiger partial charge on any atom is 0.240 e. The third-order valence-electron chi connectivity index (χ3n) is 4.63. The summed E-state index contributed by atoms with van der Waals surface area (Å²) in [6.45, 7) is 5.54. The Bertz CT molecular complexity index is 1150. The van der Waals surface area contributed by atoms with Crippen molar-refractivity contribution in [2.75, 3.05) is 12.4 Å². The van der Waals surface area contributed by atoms with Crippen LogP contribution >= 0.6 is 0 Å². The molecule has 0 saturated heterocycles. The minimum Gasteiger partial charge on any atom is -0.495 e. The molecule has 148 valence electrons. The van der Waals surface area contributed by atoms with Gasteiger partial charge in [-0.25, -0.2) is 13.1 Å². The molecule has 0 fully saturated rings. The normalized spacial score (nSPS) is 11.6. The number of rotatable bonds is 6.